The fraction of sp³-hybridized carbons (Fsp3) is 0.222. The maximum atomic E-state index is 10.4. The van der Waals surface area contributed by atoms with Crippen LogP contribution in [0.3, 0.4) is 0 Å². The van der Waals surface area contributed by atoms with Crippen molar-refractivity contribution in [1.82, 2.24) is 25.1 Å². The fourth-order valence-corrected chi connectivity index (χ4v) is 1.22. The number of H-pyrrole nitrogens is 1. The first-order valence-electron chi connectivity index (χ1n) is 4.78. The molecule has 0 bridgehead atoms. The number of nitrogens with one attached hydrogen (secondary N) is 2. The van der Waals surface area contributed by atoms with Gasteiger partial charge in [-0.2, -0.15) is 5.10 Å². The van der Waals surface area contributed by atoms with Crippen LogP contribution < -0.4 is 5.32 Å². The number of rotatable bonds is 4. The lowest BCUT2D eigenvalue weighted by atomic mass is 10.4. The van der Waals surface area contributed by atoms with Gasteiger partial charge in [0, 0.05) is 18.8 Å². The van der Waals surface area contributed by atoms with Crippen molar-refractivity contribution in [2.75, 3.05) is 5.32 Å². The van der Waals surface area contributed by atoms with Crippen LogP contribution in [0.5, 0.6) is 0 Å². The minimum Gasteiger partial charge on any atom is -0.311 e. The molecular formula is C9H10N6O. The van der Waals surface area contributed by atoms with Crippen molar-refractivity contribution in [2.45, 2.75) is 13.3 Å². The van der Waals surface area contributed by atoms with E-state index in [1.54, 1.807) is 0 Å². The van der Waals surface area contributed by atoms with E-state index in [0.717, 1.165) is 12.2 Å². The molecule has 82 valence electrons. The summed E-state index contributed by atoms with van der Waals surface area (Å²) in [7, 11) is 0. The Kier molecular flexibility index (Phi) is 2.86. The Morgan fingerprint density at radius 2 is 2.25 bits per heavy atom. The van der Waals surface area contributed by atoms with Gasteiger partial charge in [-0.25, -0.2) is 15.0 Å². The lowest BCUT2D eigenvalue weighted by molar-refractivity contribution is -0.105. The molecule has 16 heavy (non-hydrogen) atoms. The van der Waals surface area contributed by atoms with Crippen LogP contribution in [0, 0.1) is 0 Å². The number of aromatic amines is 1. The van der Waals surface area contributed by atoms with E-state index in [1.807, 2.05) is 6.92 Å². The summed E-state index contributed by atoms with van der Waals surface area (Å²) < 4.78 is 0. The average Bonchev–Trinajstić information content (AvgIpc) is 2.79. The van der Waals surface area contributed by atoms with E-state index in [4.69, 9.17) is 0 Å². The summed E-state index contributed by atoms with van der Waals surface area (Å²) >= 11 is 0. The number of nitrogens with zero attached hydrogens (tertiary/aromatic N) is 4. The van der Waals surface area contributed by atoms with Crippen LogP contribution >= 0.6 is 0 Å². The minimum atomic E-state index is 0.346. The van der Waals surface area contributed by atoms with Crippen LogP contribution in [0.1, 0.15) is 12.7 Å². The molecule has 0 saturated carbocycles. The van der Waals surface area contributed by atoms with Crippen LogP contribution in [0.2, 0.25) is 0 Å². The highest BCUT2D eigenvalue weighted by Crippen LogP contribution is 2.18. The Labute approximate surface area is 91.4 Å². The number of aryl methyl sites for hydroxylation is 1. The van der Waals surface area contributed by atoms with E-state index >= 15 is 0 Å². The molecule has 0 saturated heterocycles. The van der Waals surface area contributed by atoms with Crippen LogP contribution in [0.25, 0.3) is 11.5 Å². The zero-order valence-corrected chi connectivity index (χ0v) is 8.64. The van der Waals surface area contributed by atoms with Crippen LogP contribution in [0.4, 0.5) is 5.82 Å². The summed E-state index contributed by atoms with van der Waals surface area (Å²) in [5.41, 5.74) is 0.450. The van der Waals surface area contributed by atoms with Crippen molar-refractivity contribution in [1.29, 1.82) is 0 Å². The van der Waals surface area contributed by atoms with E-state index in [9.17, 15) is 4.79 Å². The molecule has 0 atom stereocenters. The number of anilines is 1. The molecular weight excluding hydrogens is 208 g/mol. The summed E-state index contributed by atoms with van der Waals surface area (Å²) in [6.07, 6.45) is 4.31. The van der Waals surface area contributed by atoms with E-state index in [0.29, 0.717) is 23.7 Å². The highest BCUT2D eigenvalue weighted by atomic mass is 16.1. The Balaban J connectivity index is 2.42. The van der Waals surface area contributed by atoms with Gasteiger partial charge in [0.25, 0.3) is 0 Å². The molecule has 0 radical (unpaired) electrons. The molecule has 0 fully saturated rings. The number of aromatic nitrogens is 5. The first-order valence-corrected chi connectivity index (χ1v) is 4.78. The van der Waals surface area contributed by atoms with Gasteiger partial charge in [-0.3, -0.25) is 9.89 Å². The van der Waals surface area contributed by atoms with Gasteiger partial charge in [-0.1, -0.05) is 6.92 Å². The minimum absolute atomic E-state index is 0.346. The fourth-order valence-electron chi connectivity index (χ4n) is 1.22. The number of amides is 1. The van der Waals surface area contributed by atoms with E-state index in [1.165, 1.54) is 12.4 Å². The van der Waals surface area contributed by atoms with E-state index < -0.39 is 0 Å². The maximum absolute atomic E-state index is 10.4. The quantitative estimate of drug-likeness (QED) is 0.724. The summed E-state index contributed by atoms with van der Waals surface area (Å²) in [4.78, 5) is 22.7. The Morgan fingerprint density at radius 1 is 1.44 bits per heavy atom. The van der Waals surface area contributed by atoms with Crippen molar-refractivity contribution in [2.24, 2.45) is 0 Å². The molecule has 2 aromatic heterocycles. The molecule has 0 aliphatic carbocycles. The lowest BCUT2D eigenvalue weighted by Gasteiger charge is -2.00. The molecule has 2 heterocycles. The third-order valence-electron chi connectivity index (χ3n) is 1.97. The van der Waals surface area contributed by atoms with Gasteiger partial charge >= 0.3 is 0 Å². The molecule has 0 aliphatic heterocycles. The zero-order valence-electron chi connectivity index (χ0n) is 8.64. The van der Waals surface area contributed by atoms with Crippen molar-refractivity contribution >= 4 is 12.2 Å². The summed E-state index contributed by atoms with van der Waals surface area (Å²) in [6, 6.07) is 0. The Hall–Kier alpha value is -2.31. The molecule has 2 rings (SSSR count). The summed E-state index contributed by atoms with van der Waals surface area (Å²) in [5, 5.41) is 9.24. The summed E-state index contributed by atoms with van der Waals surface area (Å²) in [6.45, 7) is 1.96. The second kappa shape index (κ2) is 4.47. The van der Waals surface area contributed by atoms with Gasteiger partial charge < -0.3 is 5.32 Å². The van der Waals surface area contributed by atoms with Crippen molar-refractivity contribution in [3.8, 4) is 11.5 Å². The standard InChI is InChI=1S/C9H10N6O/c1-2-6-13-9(15-14-6)7-8(12-5-16)11-4-3-10-7/h3-5H,2H2,1H3,(H,11,12,16)(H,13,14,15). The normalized spacial score (nSPS) is 10.1. The van der Waals surface area contributed by atoms with Crippen molar-refractivity contribution < 1.29 is 4.79 Å². The third-order valence-corrected chi connectivity index (χ3v) is 1.97. The van der Waals surface area contributed by atoms with E-state index in [2.05, 4.69) is 30.5 Å². The highest BCUT2D eigenvalue weighted by Gasteiger charge is 2.12. The van der Waals surface area contributed by atoms with Gasteiger partial charge in [0.2, 0.25) is 12.2 Å². The number of carbonyl (C=O) groups excluding carboxylic acids is 1. The largest absolute Gasteiger partial charge is 0.311 e. The third kappa shape index (κ3) is 1.88. The molecule has 2 aromatic rings. The van der Waals surface area contributed by atoms with Crippen LogP contribution in [-0.2, 0) is 11.2 Å². The van der Waals surface area contributed by atoms with E-state index in [-0.39, 0.29) is 0 Å². The first-order chi connectivity index (χ1) is 7.85. The second-order valence-electron chi connectivity index (χ2n) is 2.98. The highest BCUT2D eigenvalue weighted by molar-refractivity contribution is 5.77. The van der Waals surface area contributed by atoms with Crippen LogP contribution in [0.15, 0.2) is 12.4 Å². The molecule has 1 amide bonds. The molecule has 0 aliphatic rings. The lowest BCUT2D eigenvalue weighted by Crippen LogP contribution is -2.01. The van der Waals surface area contributed by atoms with Crippen molar-refractivity contribution in [3.05, 3.63) is 18.2 Å². The molecule has 7 heteroatoms. The molecule has 2 N–H and O–H groups in total. The predicted molar refractivity (Wildman–Crippen MR) is 56.5 cm³/mol. The number of hydrogen-bond acceptors (Lipinski definition) is 5. The number of hydrogen-bond donors (Lipinski definition) is 2. The Morgan fingerprint density at radius 3 is 2.94 bits per heavy atom. The monoisotopic (exact) mass is 218 g/mol. The molecule has 0 unspecified atom stereocenters. The zero-order chi connectivity index (χ0) is 11.4. The molecule has 7 nitrogen and oxygen atoms in total. The second-order valence-corrected chi connectivity index (χ2v) is 2.98. The Bertz CT molecular complexity index is 494. The topological polar surface area (TPSA) is 96.5 Å². The van der Waals surface area contributed by atoms with Crippen molar-refractivity contribution in [3.63, 3.8) is 0 Å². The van der Waals surface area contributed by atoms with Gasteiger partial charge in [0.05, 0.1) is 0 Å². The van der Waals surface area contributed by atoms with Gasteiger partial charge in [-0.05, 0) is 0 Å². The SMILES string of the molecule is CCc1nc(-c2nccnc2NC=O)n[nH]1. The molecule has 0 spiro atoms. The van der Waals surface area contributed by atoms with Crippen LogP contribution in [-0.4, -0.2) is 31.6 Å². The molecule has 0 aromatic carbocycles. The van der Waals surface area contributed by atoms with Gasteiger partial charge in [-0.15, -0.1) is 0 Å². The average molecular weight is 218 g/mol. The smallest absolute Gasteiger partial charge is 0.212 e. The first kappa shape index (κ1) is 10.2. The predicted octanol–water partition coefficient (Wildman–Crippen LogP) is 0.392. The number of carbonyl (C=O) groups is 1. The maximum Gasteiger partial charge on any atom is 0.212 e. The van der Waals surface area contributed by atoms with Gasteiger partial charge in [0.15, 0.2) is 11.5 Å². The van der Waals surface area contributed by atoms with Gasteiger partial charge in [0.1, 0.15) is 5.82 Å². The summed E-state index contributed by atoms with van der Waals surface area (Å²) in [5.74, 6) is 1.53.